The predicted molar refractivity (Wildman–Crippen MR) is 70.3 cm³/mol. The van der Waals surface area contributed by atoms with Gasteiger partial charge in [-0.05, 0) is 56.9 Å². The van der Waals surface area contributed by atoms with Crippen LogP contribution in [-0.4, -0.2) is 24.5 Å². The monoisotopic (exact) mass is 258 g/mol. The number of nitrogens with one attached hydrogen (secondary N) is 2. The van der Waals surface area contributed by atoms with Gasteiger partial charge in [0.2, 0.25) is 5.91 Å². The maximum Gasteiger partial charge on any atom is 0.237 e. The second-order valence-electron chi connectivity index (χ2n) is 5.71. The minimum atomic E-state index is 0. The average Bonchev–Trinajstić information content (AvgIpc) is 3.19. The maximum absolute atomic E-state index is 12.1. The fourth-order valence-electron chi connectivity index (χ4n) is 2.87. The van der Waals surface area contributed by atoms with Crippen LogP contribution in [0.25, 0.3) is 0 Å². The number of halogens is 1. The molecule has 1 amide bonds. The van der Waals surface area contributed by atoms with Crippen LogP contribution in [0.3, 0.4) is 0 Å². The molecule has 2 N–H and O–H groups in total. The minimum absolute atomic E-state index is 0. The highest BCUT2D eigenvalue weighted by Gasteiger charge is 2.42. The Morgan fingerprint density at radius 3 is 2.18 bits per heavy atom. The van der Waals surface area contributed by atoms with Crippen molar-refractivity contribution >= 4 is 18.3 Å². The Labute approximate surface area is 110 Å². The maximum atomic E-state index is 12.1. The van der Waals surface area contributed by atoms with Gasteiger partial charge >= 0.3 is 0 Å². The van der Waals surface area contributed by atoms with Crippen LogP contribution < -0.4 is 10.6 Å². The summed E-state index contributed by atoms with van der Waals surface area (Å²) in [5.74, 6) is 1.88. The zero-order valence-corrected chi connectivity index (χ0v) is 11.1. The van der Waals surface area contributed by atoms with E-state index in [1.54, 1.807) is 0 Å². The molecule has 3 fully saturated rings. The highest BCUT2D eigenvalue weighted by molar-refractivity contribution is 5.85. The van der Waals surface area contributed by atoms with Crippen molar-refractivity contribution in [1.82, 2.24) is 10.6 Å². The van der Waals surface area contributed by atoms with Gasteiger partial charge in [-0.3, -0.25) is 4.79 Å². The Bertz CT molecular complexity index is 259. The highest BCUT2D eigenvalue weighted by atomic mass is 35.5. The summed E-state index contributed by atoms with van der Waals surface area (Å²) >= 11 is 0. The van der Waals surface area contributed by atoms with E-state index in [-0.39, 0.29) is 24.4 Å². The van der Waals surface area contributed by atoms with Crippen molar-refractivity contribution in [3.05, 3.63) is 0 Å². The predicted octanol–water partition coefficient (Wildman–Crippen LogP) is 1.86. The van der Waals surface area contributed by atoms with Gasteiger partial charge in [0, 0.05) is 6.04 Å². The molecule has 1 heterocycles. The van der Waals surface area contributed by atoms with Gasteiger partial charge in [-0.25, -0.2) is 0 Å². The molecule has 3 nitrogen and oxygen atoms in total. The smallest absolute Gasteiger partial charge is 0.237 e. The molecule has 2 saturated carbocycles. The first-order valence-electron chi connectivity index (χ1n) is 6.88. The van der Waals surface area contributed by atoms with Crippen LogP contribution in [-0.2, 0) is 4.79 Å². The van der Waals surface area contributed by atoms with Crippen molar-refractivity contribution in [1.29, 1.82) is 0 Å². The third kappa shape index (κ3) is 3.35. The molecule has 0 radical (unpaired) electrons. The zero-order valence-electron chi connectivity index (χ0n) is 10.3. The van der Waals surface area contributed by atoms with Crippen molar-refractivity contribution in [3.63, 3.8) is 0 Å². The number of hydrogen-bond donors (Lipinski definition) is 2. The van der Waals surface area contributed by atoms with Crippen LogP contribution in [0.5, 0.6) is 0 Å². The topological polar surface area (TPSA) is 41.1 Å². The average molecular weight is 259 g/mol. The summed E-state index contributed by atoms with van der Waals surface area (Å²) < 4.78 is 0. The summed E-state index contributed by atoms with van der Waals surface area (Å²) in [6, 6.07) is 0.602. The highest BCUT2D eigenvalue weighted by Crippen LogP contribution is 2.44. The Morgan fingerprint density at radius 2 is 1.71 bits per heavy atom. The Hall–Kier alpha value is -0.280. The molecule has 17 heavy (non-hydrogen) atoms. The quantitative estimate of drug-likeness (QED) is 0.808. The number of amides is 1. The van der Waals surface area contributed by atoms with Gasteiger partial charge in [-0.15, -0.1) is 12.4 Å². The lowest BCUT2D eigenvalue weighted by molar-refractivity contribution is -0.124. The van der Waals surface area contributed by atoms with E-state index in [1.807, 2.05) is 0 Å². The van der Waals surface area contributed by atoms with Crippen LogP contribution in [0.4, 0.5) is 0 Å². The molecule has 0 spiro atoms. The lowest BCUT2D eigenvalue weighted by atomic mass is 10.0. The number of carbonyl (C=O) groups excluding carboxylic acids is 1. The first-order chi connectivity index (χ1) is 7.84. The second kappa shape index (κ2) is 5.57. The Kier molecular flexibility index (Phi) is 4.31. The third-order valence-electron chi connectivity index (χ3n) is 4.20. The first kappa shape index (κ1) is 13.2. The summed E-state index contributed by atoms with van der Waals surface area (Å²) in [4.78, 5) is 12.1. The zero-order chi connectivity index (χ0) is 11.0. The van der Waals surface area contributed by atoms with Gasteiger partial charge in [-0.2, -0.15) is 0 Å². The van der Waals surface area contributed by atoms with E-state index in [9.17, 15) is 4.79 Å². The van der Waals surface area contributed by atoms with E-state index in [2.05, 4.69) is 10.6 Å². The van der Waals surface area contributed by atoms with Crippen LogP contribution in [0.15, 0.2) is 0 Å². The largest absolute Gasteiger partial charge is 0.351 e. The molecule has 0 bridgehead atoms. The number of carbonyl (C=O) groups is 1. The third-order valence-corrected chi connectivity index (χ3v) is 4.20. The molecule has 0 unspecified atom stereocenters. The molecule has 3 aliphatic rings. The molecule has 1 atom stereocenters. The normalized spacial score (nSPS) is 28.6. The second-order valence-corrected chi connectivity index (χ2v) is 5.71. The van der Waals surface area contributed by atoms with Gasteiger partial charge in [-0.1, -0.05) is 6.42 Å². The fourth-order valence-corrected chi connectivity index (χ4v) is 2.87. The lowest BCUT2D eigenvalue weighted by Crippen LogP contribution is -2.50. The van der Waals surface area contributed by atoms with Crippen LogP contribution in [0.2, 0.25) is 0 Å². The van der Waals surface area contributed by atoms with Gasteiger partial charge in [0.1, 0.15) is 0 Å². The molecule has 0 aromatic heterocycles. The van der Waals surface area contributed by atoms with E-state index in [4.69, 9.17) is 0 Å². The van der Waals surface area contributed by atoms with Crippen molar-refractivity contribution in [3.8, 4) is 0 Å². The van der Waals surface area contributed by atoms with Crippen molar-refractivity contribution < 1.29 is 4.79 Å². The fraction of sp³-hybridized carbons (Fsp3) is 0.923. The van der Waals surface area contributed by atoms with Crippen molar-refractivity contribution in [2.24, 2.45) is 11.8 Å². The van der Waals surface area contributed by atoms with E-state index in [0.717, 1.165) is 24.8 Å². The molecule has 0 aromatic carbocycles. The number of hydrogen-bond acceptors (Lipinski definition) is 2. The molecule has 98 valence electrons. The molecule has 3 rings (SSSR count). The van der Waals surface area contributed by atoms with E-state index in [1.165, 1.54) is 38.5 Å². The Balaban J connectivity index is 0.00000108. The number of piperidine rings is 1. The lowest BCUT2D eigenvalue weighted by Gasteiger charge is -2.26. The molecule has 2 aliphatic carbocycles. The van der Waals surface area contributed by atoms with Gasteiger partial charge < -0.3 is 10.6 Å². The Morgan fingerprint density at radius 1 is 1.06 bits per heavy atom. The molecule has 4 heteroatoms. The first-order valence-corrected chi connectivity index (χ1v) is 6.88. The van der Waals surface area contributed by atoms with Gasteiger partial charge in [0.05, 0.1) is 6.04 Å². The summed E-state index contributed by atoms with van der Waals surface area (Å²) in [7, 11) is 0. The summed E-state index contributed by atoms with van der Waals surface area (Å²) in [6.45, 7) is 1.01. The standard InChI is InChI=1S/C13H22N2O.ClH/c16-13(11-3-1-2-8-14-11)15-12(9-4-5-9)10-6-7-10;/h9-12,14H,1-8H2,(H,15,16);1H/t11-;/m0./s1. The van der Waals surface area contributed by atoms with Gasteiger partial charge in [0.15, 0.2) is 0 Å². The SMILES string of the molecule is Cl.O=C(NC(C1CC1)C1CC1)[C@@H]1CCCCN1. The van der Waals surface area contributed by atoms with Crippen molar-refractivity contribution in [2.75, 3.05) is 6.54 Å². The molecule has 1 aliphatic heterocycles. The number of rotatable bonds is 4. The molecular weight excluding hydrogens is 236 g/mol. The van der Waals surface area contributed by atoms with E-state index < -0.39 is 0 Å². The molecule has 1 saturated heterocycles. The van der Waals surface area contributed by atoms with Crippen LogP contribution in [0, 0.1) is 11.8 Å². The minimum Gasteiger partial charge on any atom is -0.351 e. The molecular formula is C13H23ClN2O. The van der Waals surface area contributed by atoms with Crippen LogP contribution in [0.1, 0.15) is 44.9 Å². The van der Waals surface area contributed by atoms with Crippen LogP contribution >= 0.6 is 12.4 Å². The molecule has 0 aromatic rings. The van der Waals surface area contributed by atoms with Gasteiger partial charge in [0.25, 0.3) is 0 Å². The van der Waals surface area contributed by atoms with Crippen molar-refractivity contribution in [2.45, 2.75) is 57.0 Å². The summed E-state index contributed by atoms with van der Waals surface area (Å²) in [5.41, 5.74) is 0. The van der Waals surface area contributed by atoms with E-state index in [0.29, 0.717) is 6.04 Å². The summed E-state index contributed by atoms with van der Waals surface area (Å²) in [5, 5.41) is 6.64. The summed E-state index contributed by atoms with van der Waals surface area (Å²) in [6.07, 6.45) is 8.77. The van der Waals surface area contributed by atoms with E-state index >= 15 is 0 Å².